The normalized spacial score (nSPS) is 13.7. The number of hydrogen-bond donors (Lipinski definition) is 1. The first-order valence-electron chi connectivity index (χ1n) is 6.58. The van der Waals surface area contributed by atoms with Crippen molar-refractivity contribution >= 4 is 12.6 Å². The van der Waals surface area contributed by atoms with Crippen molar-refractivity contribution in [2.45, 2.75) is 33.1 Å². The zero-order chi connectivity index (χ0) is 12.4. The Morgan fingerprint density at radius 1 is 1.06 bits per heavy atom. The zero-order valence-electron chi connectivity index (χ0n) is 11.6. The molecule has 3 heteroatoms. The molecule has 0 aromatic carbocycles. The summed E-state index contributed by atoms with van der Waals surface area (Å²) in [5.41, 5.74) is 0. The quantitative estimate of drug-likeness (QED) is 0.592. The minimum absolute atomic E-state index is 0.820. The Morgan fingerprint density at radius 3 is 2.25 bits per heavy atom. The van der Waals surface area contributed by atoms with E-state index in [9.17, 15) is 0 Å². The van der Waals surface area contributed by atoms with Gasteiger partial charge >= 0.3 is 0 Å². The molecule has 0 bridgehead atoms. The van der Waals surface area contributed by atoms with Crippen LogP contribution in [0.2, 0.25) is 0 Å². The van der Waals surface area contributed by atoms with Crippen LogP contribution in [0.1, 0.15) is 33.1 Å². The van der Waals surface area contributed by atoms with E-state index in [0.717, 1.165) is 11.7 Å². The van der Waals surface area contributed by atoms with Crippen molar-refractivity contribution in [2.75, 3.05) is 46.0 Å². The lowest BCUT2D eigenvalue weighted by Crippen LogP contribution is -2.29. The first-order valence-corrected chi connectivity index (χ1v) is 7.21. The van der Waals surface area contributed by atoms with Crippen LogP contribution < -0.4 is 0 Å². The predicted molar refractivity (Wildman–Crippen MR) is 77.5 cm³/mol. The maximum Gasteiger partial charge on any atom is -0.000667 e. The van der Waals surface area contributed by atoms with Crippen molar-refractivity contribution in [3.05, 3.63) is 0 Å². The molecule has 0 amide bonds. The van der Waals surface area contributed by atoms with E-state index in [1.807, 2.05) is 0 Å². The Kier molecular flexibility index (Phi) is 10.6. The Hall–Kier alpha value is 0.270. The third-order valence-corrected chi connectivity index (χ3v) is 3.35. The van der Waals surface area contributed by atoms with Gasteiger partial charge < -0.3 is 9.80 Å². The SMILES string of the molecule is CCN(CCCN(C)C)CCC(C)CCS. The van der Waals surface area contributed by atoms with Crippen LogP contribution in [-0.4, -0.2) is 55.8 Å². The highest BCUT2D eigenvalue weighted by Crippen LogP contribution is 2.09. The molecule has 0 aliphatic carbocycles. The second-order valence-electron chi connectivity index (χ2n) is 5.00. The molecule has 2 nitrogen and oxygen atoms in total. The Bertz CT molecular complexity index is 151. The average Bonchev–Trinajstić information content (AvgIpc) is 2.23. The Balaban J connectivity index is 3.58. The highest BCUT2D eigenvalue weighted by Gasteiger charge is 2.06. The van der Waals surface area contributed by atoms with Gasteiger partial charge in [0.05, 0.1) is 0 Å². The minimum atomic E-state index is 0.820. The molecular weight excluding hydrogens is 216 g/mol. The van der Waals surface area contributed by atoms with E-state index in [0.29, 0.717) is 0 Å². The Morgan fingerprint density at radius 2 is 1.75 bits per heavy atom. The average molecular weight is 246 g/mol. The maximum absolute atomic E-state index is 4.29. The van der Waals surface area contributed by atoms with Gasteiger partial charge in [0.1, 0.15) is 0 Å². The molecule has 0 radical (unpaired) electrons. The van der Waals surface area contributed by atoms with Crippen molar-refractivity contribution in [2.24, 2.45) is 5.92 Å². The fourth-order valence-corrected chi connectivity index (χ4v) is 2.25. The highest BCUT2D eigenvalue weighted by atomic mass is 32.1. The maximum atomic E-state index is 4.29. The lowest BCUT2D eigenvalue weighted by atomic mass is 10.0. The van der Waals surface area contributed by atoms with Crippen molar-refractivity contribution < 1.29 is 0 Å². The van der Waals surface area contributed by atoms with Gasteiger partial charge in [-0.25, -0.2) is 0 Å². The summed E-state index contributed by atoms with van der Waals surface area (Å²) in [6, 6.07) is 0. The van der Waals surface area contributed by atoms with Crippen molar-refractivity contribution in [1.82, 2.24) is 9.80 Å². The summed E-state index contributed by atoms with van der Waals surface area (Å²) in [6.45, 7) is 9.47. The number of hydrogen-bond acceptors (Lipinski definition) is 3. The summed E-state index contributed by atoms with van der Waals surface area (Å²) < 4.78 is 0. The molecule has 16 heavy (non-hydrogen) atoms. The van der Waals surface area contributed by atoms with E-state index < -0.39 is 0 Å². The molecule has 0 rings (SSSR count). The van der Waals surface area contributed by atoms with Gasteiger partial charge in [0.15, 0.2) is 0 Å². The van der Waals surface area contributed by atoms with Gasteiger partial charge in [-0.15, -0.1) is 0 Å². The summed E-state index contributed by atoms with van der Waals surface area (Å²) in [4.78, 5) is 4.83. The second-order valence-corrected chi connectivity index (χ2v) is 5.44. The van der Waals surface area contributed by atoms with Gasteiger partial charge in [-0.1, -0.05) is 13.8 Å². The van der Waals surface area contributed by atoms with Crippen LogP contribution in [0.4, 0.5) is 0 Å². The third-order valence-electron chi connectivity index (χ3n) is 3.09. The molecular formula is C13H30N2S. The first-order chi connectivity index (χ1) is 7.60. The molecule has 0 saturated carbocycles. The van der Waals surface area contributed by atoms with Crippen LogP contribution in [0, 0.1) is 5.92 Å². The van der Waals surface area contributed by atoms with E-state index >= 15 is 0 Å². The van der Waals surface area contributed by atoms with E-state index in [-0.39, 0.29) is 0 Å². The lowest BCUT2D eigenvalue weighted by molar-refractivity contribution is 0.249. The van der Waals surface area contributed by atoms with E-state index in [1.165, 1.54) is 45.4 Å². The monoisotopic (exact) mass is 246 g/mol. The number of rotatable bonds is 10. The predicted octanol–water partition coefficient (Wildman–Crippen LogP) is 2.61. The molecule has 0 saturated heterocycles. The molecule has 0 heterocycles. The second kappa shape index (κ2) is 10.4. The zero-order valence-corrected chi connectivity index (χ0v) is 12.5. The summed E-state index contributed by atoms with van der Waals surface area (Å²) in [6.07, 6.45) is 3.84. The molecule has 0 fully saturated rings. The van der Waals surface area contributed by atoms with Gasteiger partial charge in [0.2, 0.25) is 0 Å². The number of thiol groups is 1. The van der Waals surface area contributed by atoms with Gasteiger partial charge in [-0.2, -0.15) is 12.6 Å². The molecule has 0 N–H and O–H groups in total. The van der Waals surface area contributed by atoms with Crippen LogP contribution in [0.5, 0.6) is 0 Å². The first kappa shape index (κ1) is 16.3. The Labute approximate surface area is 108 Å². The lowest BCUT2D eigenvalue weighted by Gasteiger charge is -2.23. The van der Waals surface area contributed by atoms with E-state index in [2.05, 4.69) is 50.4 Å². The number of nitrogens with zero attached hydrogens (tertiary/aromatic N) is 2. The minimum Gasteiger partial charge on any atom is -0.309 e. The summed E-state index contributed by atoms with van der Waals surface area (Å²) in [5.74, 6) is 1.84. The molecule has 0 aliphatic rings. The van der Waals surface area contributed by atoms with Crippen molar-refractivity contribution in [3.63, 3.8) is 0 Å². The van der Waals surface area contributed by atoms with Crippen LogP contribution in [0.3, 0.4) is 0 Å². The van der Waals surface area contributed by atoms with E-state index in [4.69, 9.17) is 0 Å². The molecule has 98 valence electrons. The van der Waals surface area contributed by atoms with Crippen molar-refractivity contribution in [1.29, 1.82) is 0 Å². The highest BCUT2D eigenvalue weighted by molar-refractivity contribution is 7.80. The molecule has 0 aliphatic heterocycles. The van der Waals surface area contributed by atoms with Gasteiger partial charge in [-0.05, 0) is 71.2 Å². The van der Waals surface area contributed by atoms with Crippen LogP contribution in [0.25, 0.3) is 0 Å². The van der Waals surface area contributed by atoms with Gasteiger partial charge in [-0.3, -0.25) is 0 Å². The standard InChI is InChI=1S/C13H30N2S/c1-5-15(10-6-9-14(3)4)11-7-13(2)8-12-16/h13,16H,5-12H2,1-4H3. The molecule has 0 aromatic heterocycles. The van der Waals surface area contributed by atoms with Gasteiger partial charge in [0, 0.05) is 0 Å². The molecule has 1 unspecified atom stereocenters. The topological polar surface area (TPSA) is 6.48 Å². The molecule has 1 atom stereocenters. The summed E-state index contributed by atoms with van der Waals surface area (Å²) >= 11 is 4.29. The molecule has 0 spiro atoms. The van der Waals surface area contributed by atoms with Gasteiger partial charge in [0.25, 0.3) is 0 Å². The largest absolute Gasteiger partial charge is 0.309 e. The third kappa shape index (κ3) is 9.49. The molecule has 0 aromatic rings. The summed E-state index contributed by atoms with van der Waals surface area (Å²) in [7, 11) is 4.29. The van der Waals surface area contributed by atoms with E-state index in [1.54, 1.807) is 0 Å². The fourth-order valence-electron chi connectivity index (χ4n) is 1.81. The smallest absolute Gasteiger partial charge is 0.000667 e. The van der Waals surface area contributed by atoms with Crippen molar-refractivity contribution in [3.8, 4) is 0 Å². The van der Waals surface area contributed by atoms with Crippen LogP contribution in [-0.2, 0) is 0 Å². The summed E-state index contributed by atoms with van der Waals surface area (Å²) in [5, 5.41) is 0. The van der Waals surface area contributed by atoms with Crippen LogP contribution in [0.15, 0.2) is 0 Å². The van der Waals surface area contributed by atoms with Crippen LogP contribution >= 0.6 is 12.6 Å². The fraction of sp³-hybridized carbons (Fsp3) is 1.00.